The Hall–Kier alpha value is -1.72. The third kappa shape index (κ3) is 6.51. The molecule has 0 aliphatic carbocycles. The molecule has 0 spiro atoms. The van der Waals surface area contributed by atoms with Crippen molar-refractivity contribution >= 4 is 5.96 Å². The molecule has 1 aromatic rings. The van der Waals surface area contributed by atoms with E-state index in [0.717, 1.165) is 12.1 Å². The number of hydrogen-bond donors (Lipinski definition) is 2. The first-order chi connectivity index (χ1) is 9.62. The van der Waals surface area contributed by atoms with Crippen LogP contribution in [0.1, 0.15) is 38.8 Å². The van der Waals surface area contributed by atoms with Crippen LogP contribution in [0, 0.1) is 0 Å². The van der Waals surface area contributed by atoms with Crippen molar-refractivity contribution in [3.05, 3.63) is 35.4 Å². The van der Waals surface area contributed by atoms with Crippen LogP contribution >= 0.6 is 0 Å². The van der Waals surface area contributed by atoms with Crippen LogP contribution in [0.15, 0.2) is 29.3 Å². The van der Waals surface area contributed by atoms with Crippen molar-refractivity contribution < 1.29 is 13.2 Å². The van der Waals surface area contributed by atoms with E-state index in [1.807, 2.05) is 27.7 Å². The van der Waals surface area contributed by atoms with E-state index in [-0.39, 0.29) is 12.1 Å². The van der Waals surface area contributed by atoms with E-state index in [0.29, 0.717) is 18.1 Å². The molecular weight excluding hydrogens is 279 g/mol. The number of benzene rings is 1. The highest BCUT2D eigenvalue weighted by molar-refractivity contribution is 5.80. The Balaban J connectivity index is 2.85. The maximum absolute atomic E-state index is 12.6. The maximum atomic E-state index is 12.6. The molecule has 0 aromatic heterocycles. The fraction of sp³-hybridized carbons (Fsp3) is 0.533. The lowest BCUT2D eigenvalue weighted by atomic mass is 10.1. The molecule has 0 aliphatic heterocycles. The van der Waals surface area contributed by atoms with Gasteiger partial charge in [0.1, 0.15) is 0 Å². The van der Waals surface area contributed by atoms with E-state index in [1.54, 1.807) is 6.07 Å². The largest absolute Gasteiger partial charge is 0.416 e. The van der Waals surface area contributed by atoms with Crippen molar-refractivity contribution in [2.45, 2.75) is 46.0 Å². The van der Waals surface area contributed by atoms with Gasteiger partial charge in [0, 0.05) is 12.1 Å². The number of alkyl halides is 3. The van der Waals surface area contributed by atoms with E-state index in [4.69, 9.17) is 0 Å². The Bertz CT molecular complexity index is 488. The summed E-state index contributed by atoms with van der Waals surface area (Å²) in [6, 6.07) is 5.23. The fourth-order valence-corrected chi connectivity index (χ4v) is 1.68. The third-order valence-corrected chi connectivity index (χ3v) is 2.51. The molecule has 2 N–H and O–H groups in total. The van der Waals surface area contributed by atoms with Crippen LogP contribution < -0.4 is 10.6 Å². The summed E-state index contributed by atoms with van der Waals surface area (Å²) in [5.41, 5.74) is -0.297. The molecule has 6 heteroatoms. The summed E-state index contributed by atoms with van der Waals surface area (Å²) >= 11 is 0. The van der Waals surface area contributed by atoms with Gasteiger partial charge in [0.15, 0.2) is 5.96 Å². The summed E-state index contributed by atoms with van der Waals surface area (Å²) in [5, 5.41) is 6.26. The van der Waals surface area contributed by atoms with E-state index >= 15 is 0 Å². The van der Waals surface area contributed by atoms with Crippen LogP contribution in [0.4, 0.5) is 13.2 Å². The summed E-state index contributed by atoms with van der Waals surface area (Å²) in [7, 11) is 0. The molecule has 0 radical (unpaired) electrons. The van der Waals surface area contributed by atoms with E-state index in [9.17, 15) is 13.2 Å². The van der Waals surface area contributed by atoms with Gasteiger partial charge in [0.2, 0.25) is 0 Å². The smallest absolute Gasteiger partial charge is 0.357 e. The second kappa shape index (κ2) is 6.83. The molecule has 0 amide bonds. The van der Waals surface area contributed by atoms with Crippen molar-refractivity contribution in [1.29, 1.82) is 0 Å². The number of hydrogen-bond acceptors (Lipinski definition) is 1. The van der Waals surface area contributed by atoms with Crippen LogP contribution in [0.5, 0.6) is 0 Å². The van der Waals surface area contributed by atoms with Crippen LogP contribution in [-0.2, 0) is 12.7 Å². The average molecular weight is 301 g/mol. The lowest BCUT2D eigenvalue weighted by Gasteiger charge is -2.23. The van der Waals surface area contributed by atoms with Gasteiger partial charge in [-0.15, -0.1) is 0 Å². The first-order valence-electron chi connectivity index (χ1n) is 6.84. The fourth-order valence-electron chi connectivity index (χ4n) is 1.68. The van der Waals surface area contributed by atoms with E-state index < -0.39 is 11.7 Å². The molecular formula is C15H22F3N3. The Labute approximate surface area is 123 Å². The monoisotopic (exact) mass is 301 g/mol. The number of guanidine groups is 1. The molecule has 0 saturated heterocycles. The first kappa shape index (κ1) is 17.3. The molecule has 0 atom stereocenters. The van der Waals surface area contributed by atoms with Gasteiger partial charge in [-0.2, -0.15) is 13.2 Å². The zero-order chi connectivity index (χ0) is 16.1. The zero-order valence-electron chi connectivity index (χ0n) is 12.8. The molecule has 3 nitrogen and oxygen atoms in total. The molecule has 0 heterocycles. The topological polar surface area (TPSA) is 36.4 Å². The van der Waals surface area contributed by atoms with Crippen molar-refractivity contribution in [3.8, 4) is 0 Å². The van der Waals surface area contributed by atoms with Gasteiger partial charge in [-0.05, 0) is 45.4 Å². The Morgan fingerprint density at radius 2 is 1.86 bits per heavy atom. The van der Waals surface area contributed by atoms with Gasteiger partial charge in [-0.25, -0.2) is 4.99 Å². The van der Waals surface area contributed by atoms with Gasteiger partial charge < -0.3 is 10.6 Å². The van der Waals surface area contributed by atoms with Crippen molar-refractivity contribution in [3.63, 3.8) is 0 Å². The molecule has 1 rings (SSSR count). The number of halogens is 3. The number of nitrogens with one attached hydrogen (secondary N) is 2. The molecule has 0 fully saturated rings. The first-order valence-corrected chi connectivity index (χ1v) is 6.84. The van der Waals surface area contributed by atoms with Crippen molar-refractivity contribution in [2.24, 2.45) is 4.99 Å². The minimum absolute atomic E-state index is 0.172. The Morgan fingerprint density at radius 3 is 2.38 bits per heavy atom. The zero-order valence-corrected chi connectivity index (χ0v) is 12.8. The SMILES string of the molecule is CCNC(=NCc1cccc(C(F)(F)F)c1)NC(C)(C)C. The highest BCUT2D eigenvalue weighted by Crippen LogP contribution is 2.29. The highest BCUT2D eigenvalue weighted by Gasteiger charge is 2.30. The number of rotatable bonds is 3. The lowest BCUT2D eigenvalue weighted by molar-refractivity contribution is -0.137. The molecule has 1 aromatic carbocycles. The predicted molar refractivity (Wildman–Crippen MR) is 79.1 cm³/mol. The Kier molecular flexibility index (Phi) is 5.63. The summed E-state index contributed by atoms with van der Waals surface area (Å²) in [6.07, 6.45) is -4.33. The second-order valence-electron chi connectivity index (χ2n) is 5.77. The van der Waals surface area contributed by atoms with Crippen molar-refractivity contribution in [2.75, 3.05) is 6.54 Å². The molecule has 0 bridgehead atoms. The molecule has 0 saturated carbocycles. The second-order valence-corrected chi connectivity index (χ2v) is 5.77. The van der Waals surface area contributed by atoms with E-state index in [1.165, 1.54) is 6.07 Å². The molecule has 118 valence electrons. The minimum Gasteiger partial charge on any atom is -0.357 e. The predicted octanol–water partition coefficient (Wildman–Crippen LogP) is 3.56. The summed E-state index contributed by atoms with van der Waals surface area (Å²) in [6.45, 7) is 8.78. The molecule has 0 unspecified atom stereocenters. The summed E-state index contributed by atoms with van der Waals surface area (Å²) < 4.78 is 37.9. The third-order valence-electron chi connectivity index (χ3n) is 2.51. The van der Waals surface area contributed by atoms with Gasteiger partial charge >= 0.3 is 6.18 Å². The van der Waals surface area contributed by atoms with Gasteiger partial charge in [0.05, 0.1) is 12.1 Å². The Morgan fingerprint density at radius 1 is 1.19 bits per heavy atom. The van der Waals surface area contributed by atoms with Crippen LogP contribution in [0.3, 0.4) is 0 Å². The van der Waals surface area contributed by atoms with Gasteiger partial charge in [-0.1, -0.05) is 12.1 Å². The van der Waals surface area contributed by atoms with E-state index in [2.05, 4.69) is 15.6 Å². The summed E-state index contributed by atoms with van der Waals surface area (Å²) in [4.78, 5) is 4.32. The van der Waals surface area contributed by atoms with Gasteiger partial charge in [-0.3, -0.25) is 0 Å². The summed E-state index contributed by atoms with van der Waals surface area (Å²) in [5.74, 6) is 0.586. The number of nitrogens with zero attached hydrogens (tertiary/aromatic N) is 1. The van der Waals surface area contributed by atoms with Crippen LogP contribution in [0.25, 0.3) is 0 Å². The van der Waals surface area contributed by atoms with Crippen LogP contribution in [-0.4, -0.2) is 18.0 Å². The quantitative estimate of drug-likeness (QED) is 0.661. The number of aliphatic imine (C=N–C) groups is 1. The maximum Gasteiger partial charge on any atom is 0.416 e. The molecule has 0 aliphatic rings. The molecule has 21 heavy (non-hydrogen) atoms. The lowest BCUT2D eigenvalue weighted by Crippen LogP contribution is -2.47. The average Bonchev–Trinajstić information content (AvgIpc) is 2.34. The minimum atomic E-state index is -4.33. The standard InChI is InChI=1S/C15H22F3N3/c1-5-19-13(21-14(2,3)4)20-10-11-7-6-8-12(9-11)15(16,17)18/h6-9H,5,10H2,1-4H3,(H2,19,20,21). The van der Waals surface area contributed by atoms with Crippen LogP contribution in [0.2, 0.25) is 0 Å². The normalized spacial score (nSPS) is 13.2. The highest BCUT2D eigenvalue weighted by atomic mass is 19.4. The van der Waals surface area contributed by atoms with Gasteiger partial charge in [0.25, 0.3) is 0 Å². The van der Waals surface area contributed by atoms with Crippen molar-refractivity contribution in [1.82, 2.24) is 10.6 Å².